The SMILES string of the molecule is CCCCCCC(C)NC(=O)c1cc(S)cs1. The average molecular weight is 271 g/mol. The van der Waals surface area contributed by atoms with Crippen molar-refractivity contribution in [2.75, 3.05) is 0 Å². The molecule has 0 saturated carbocycles. The minimum atomic E-state index is 0.0262. The molecule has 0 aliphatic rings. The first kappa shape index (κ1) is 14.6. The van der Waals surface area contributed by atoms with Crippen LogP contribution in [0.15, 0.2) is 16.3 Å². The lowest BCUT2D eigenvalue weighted by atomic mass is 10.1. The molecule has 1 amide bonds. The highest BCUT2D eigenvalue weighted by atomic mass is 32.1. The highest BCUT2D eigenvalue weighted by Crippen LogP contribution is 2.17. The van der Waals surface area contributed by atoms with E-state index in [1.165, 1.54) is 37.0 Å². The third-order valence-corrected chi connectivity index (χ3v) is 4.04. The van der Waals surface area contributed by atoms with Crippen LogP contribution in [0.3, 0.4) is 0 Å². The van der Waals surface area contributed by atoms with Crippen molar-refractivity contribution >= 4 is 29.9 Å². The summed E-state index contributed by atoms with van der Waals surface area (Å²) < 4.78 is 0. The molecule has 0 aliphatic carbocycles. The molecule has 1 rings (SSSR count). The van der Waals surface area contributed by atoms with Gasteiger partial charge in [-0.2, -0.15) is 0 Å². The quantitative estimate of drug-likeness (QED) is 0.567. The number of carbonyl (C=O) groups excluding carboxylic acids is 1. The Labute approximate surface area is 113 Å². The van der Waals surface area contributed by atoms with Crippen LogP contribution in [0.1, 0.15) is 55.6 Å². The van der Waals surface area contributed by atoms with E-state index in [0.717, 1.165) is 16.2 Å². The van der Waals surface area contributed by atoms with Gasteiger partial charge in [0.25, 0.3) is 5.91 Å². The van der Waals surface area contributed by atoms with Gasteiger partial charge in [-0.1, -0.05) is 32.6 Å². The van der Waals surface area contributed by atoms with Crippen molar-refractivity contribution in [1.82, 2.24) is 5.32 Å². The van der Waals surface area contributed by atoms with E-state index < -0.39 is 0 Å². The van der Waals surface area contributed by atoms with Crippen molar-refractivity contribution in [2.24, 2.45) is 0 Å². The van der Waals surface area contributed by atoms with Crippen molar-refractivity contribution in [3.05, 3.63) is 16.3 Å². The molecule has 1 aromatic rings. The van der Waals surface area contributed by atoms with Crippen molar-refractivity contribution in [3.8, 4) is 0 Å². The van der Waals surface area contributed by atoms with Crippen LogP contribution >= 0.6 is 24.0 Å². The number of nitrogens with one attached hydrogen (secondary N) is 1. The van der Waals surface area contributed by atoms with Gasteiger partial charge in [-0.25, -0.2) is 0 Å². The molecule has 0 fully saturated rings. The number of hydrogen-bond donors (Lipinski definition) is 2. The second-order valence-electron chi connectivity index (χ2n) is 4.39. The van der Waals surface area contributed by atoms with Gasteiger partial charge in [0.15, 0.2) is 0 Å². The molecule has 1 heterocycles. The molecule has 17 heavy (non-hydrogen) atoms. The number of amides is 1. The average Bonchev–Trinajstić information content (AvgIpc) is 2.71. The summed E-state index contributed by atoms with van der Waals surface area (Å²) in [6, 6.07) is 2.07. The van der Waals surface area contributed by atoms with Gasteiger partial charge in [-0.05, 0) is 19.4 Å². The van der Waals surface area contributed by atoms with Crippen molar-refractivity contribution in [2.45, 2.75) is 56.9 Å². The van der Waals surface area contributed by atoms with E-state index in [4.69, 9.17) is 0 Å². The Balaban J connectivity index is 2.26. The van der Waals surface area contributed by atoms with Gasteiger partial charge in [0.2, 0.25) is 0 Å². The molecule has 96 valence electrons. The minimum Gasteiger partial charge on any atom is -0.349 e. The van der Waals surface area contributed by atoms with E-state index in [0.29, 0.717) is 0 Å². The van der Waals surface area contributed by atoms with Crippen molar-refractivity contribution in [1.29, 1.82) is 0 Å². The Kier molecular flexibility index (Phi) is 6.66. The fourth-order valence-corrected chi connectivity index (χ4v) is 2.74. The largest absolute Gasteiger partial charge is 0.349 e. The number of thiophene rings is 1. The molecule has 1 N–H and O–H groups in total. The second-order valence-corrected chi connectivity index (χ2v) is 5.82. The summed E-state index contributed by atoms with van der Waals surface area (Å²) in [7, 11) is 0. The molecule has 0 radical (unpaired) electrons. The van der Waals surface area contributed by atoms with Crippen molar-refractivity contribution < 1.29 is 4.79 Å². The molecule has 0 aromatic carbocycles. The standard InChI is InChI=1S/C13H21NOS2/c1-3-4-5-6-7-10(2)14-13(15)12-8-11(16)9-17-12/h8-10,16H,3-7H2,1-2H3,(H,14,15). The molecular formula is C13H21NOS2. The third kappa shape index (κ3) is 5.59. The maximum Gasteiger partial charge on any atom is 0.261 e. The van der Waals surface area contributed by atoms with Gasteiger partial charge in [-0.3, -0.25) is 4.79 Å². The molecule has 0 bridgehead atoms. The monoisotopic (exact) mass is 271 g/mol. The van der Waals surface area contributed by atoms with Crippen LogP contribution in [0.2, 0.25) is 0 Å². The molecule has 0 aliphatic heterocycles. The van der Waals surface area contributed by atoms with E-state index >= 15 is 0 Å². The smallest absolute Gasteiger partial charge is 0.261 e. The molecule has 4 heteroatoms. The van der Waals surface area contributed by atoms with Gasteiger partial charge in [0, 0.05) is 16.3 Å². The van der Waals surface area contributed by atoms with E-state index in [-0.39, 0.29) is 11.9 Å². The van der Waals surface area contributed by atoms with Gasteiger partial charge in [0.05, 0.1) is 4.88 Å². The number of carbonyl (C=O) groups is 1. The van der Waals surface area contributed by atoms with Crippen LogP contribution in [-0.4, -0.2) is 11.9 Å². The lowest BCUT2D eigenvalue weighted by Crippen LogP contribution is -2.31. The summed E-state index contributed by atoms with van der Waals surface area (Å²) in [5.74, 6) is 0.0262. The van der Waals surface area contributed by atoms with Crippen LogP contribution in [0, 0.1) is 0 Å². The first-order valence-electron chi connectivity index (χ1n) is 6.21. The highest BCUT2D eigenvalue weighted by Gasteiger charge is 2.11. The highest BCUT2D eigenvalue weighted by molar-refractivity contribution is 7.80. The molecule has 0 saturated heterocycles. The Morgan fingerprint density at radius 3 is 2.82 bits per heavy atom. The van der Waals surface area contributed by atoms with Crippen molar-refractivity contribution in [3.63, 3.8) is 0 Å². The lowest BCUT2D eigenvalue weighted by molar-refractivity contribution is 0.0942. The normalized spacial score (nSPS) is 12.4. The first-order valence-corrected chi connectivity index (χ1v) is 7.54. The van der Waals surface area contributed by atoms with Crippen LogP contribution in [-0.2, 0) is 0 Å². The van der Waals surface area contributed by atoms with Gasteiger partial charge in [-0.15, -0.1) is 24.0 Å². The zero-order chi connectivity index (χ0) is 12.7. The Hall–Kier alpha value is -0.480. The summed E-state index contributed by atoms with van der Waals surface area (Å²) in [6.45, 7) is 4.27. The zero-order valence-corrected chi connectivity index (χ0v) is 12.2. The van der Waals surface area contributed by atoms with E-state index in [2.05, 4.69) is 31.8 Å². The number of rotatable bonds is 7. The minimum absolute atomic E-state index is 0.0262. The van der Waals surface area contributed by atoms with E-state index in [9.17, 15) is 4.79 Å². The Bertz CT molecular complexity index is 349. The number of hydrogen-bond acceptors (Lipinski definition) is 3. The van der Waals surface area contributed by atoms with Crippen LogP contribution in [0.4, 0.5) is 0 Å². The molecule has 1 unspecified atom stereocenters. The summed E-state index contributed by atoms with van der Waals surface area (Å²) in [5.41, 5.74) is 0. The van der Waals surface area contributed by atoms with Crippen LogP contribution < -0.4 is 5.32 Å². The predicted molar refractivity (Wildman–Crippen MR) is 77.3 cm³/mol. The molecule has 1 aromatic heterocycles. The first-order chi connectivity index (χ1) is 8.13. The topological polar surface area (TPSA) is 29.1 Å². The van der Waals surface area contributed by atoms with Crippen LogP contribution in [0.25, 0.3) is 0 Å². The number of thiol groups is 1. The van der Waals surface area contributed by atoms with E-state index in [1.807, 2.05) is 11.4 Å². The fourth-order valence-electron chi connectivity index (χ4n) is 1.69. The van der Waals surface area contributed by atoms with Gasteiger partial charge >= 0.3 is 0 Å². The summed E-state index contributed by atoms with van der Waals surface area (Å²) >= 11 is 5.64. The summed E-state index contributed by atoms with van der Waals surface area (Å²) in [5, 5.41) is 4.90. The Morgan fingerprint density at radius 1 is 1.47 bits per heavy atom. The summed E-state index contributed by atoms with van der Waals surface area (Å²) in [4.78, 5) is 13.4. The van der Waals surface area contributed by atoms with Gasteiger partial charge < -0.3 is 5.32 Å². The molecule has 2 nitrogen and oxygen atoms in total. The lowest BCUT2D eigenvalue weighted by Gasteiger charge is -2.12. The third-order valence-electron chi connectivity index (χ3n) is 2.68. The van der Waals surface area contributed by atoms with Crippen LogP contribution in [0.5, 0.6) is 0 Å². The maximum atomic E-state index is 11.8. The molecule has 1 atom stereocenters. The maximum absolute atomic E-state index is 11.8. The van der Waals surface area contributed by atoms with Gasteiger partial charge in [0.1, 0.15) is 0 Å². The molecular weight excluding hydrogens is 250 g/mol. The zero-order valence-electron chi connectivity index (χ0n) is 10.5. The summed E-state index contributed by atoms with van der Waals surface area (Å²) in [6.07, 6.45) is 6.05. The number of unbranched alkanes of at least 4 members (excludes halogenated alkanes) is 3. The fraction of sp³-hybridized carbons (Fsp3) is 0.615. The molecule has 0 spiro atoms. The Morgan fingerprint density at radius 2 is 2.24 bits per heavy atom. The predicted octanol–water partition coefficient (Wildman–Crippen LogP) is 4.13. The second kappa shape index (κ2) is 7.77. The van der Waals surface area contributed by atoms with E-state index in [1.54, 1.807) is 0 Å².